The highest BCUT2D eigenvalue weighted by Gasteiger charge is 2.50. The van der Waals surface area contributed by atoms with E-state index in [0.29, 0.717) is 0 Å². The van der Waals surface area contributed by atoms with Crippen molar-refractivity contribution in [2.45, 2.75) is 18.3 Å². The first-order valence-corrected chi connectivity index (χ1v) is 5.97. The van der Waals surface area contributed by atoms with Crippen LogP contribution >= 0.6 is 11.9 Å². The van der Waals surface area contributed by atoms with Gasteiger partial charge >= 0.3 is 0 Å². The molecule has 2 aliphatic rings. The molecule has 0 aromatic heterocycles. The molecule has 15 heavy (non-hydrogen) atoms. The Kier molecular flexibility index (Phi) is 1.94. The second-order valence-corrected chi connectivity index (χ2v) is 5.77. The van der Waals surface area contributed by atoms with Gasteiger partial charge in [-0.1, -0.05) is 12.1 Å². The topological polar surface area (TPSA) is 20.3 Å². The van der Waals surface area contributed by atoms with Gasteiger partial charge in [0, 0.05) is 17.5 Å². The first kappa shape index (κ1) is 9.43. The fourth-order valence-electron chi connectivity index (χ4n) is 2.37. The molecule has 2 nitrogen and oxygen atoms in total. The summed E-state index contributed by atoms with van der Waals surface area (Å²) in [6.07, 6.45) is 1.31. The van der Waals surface area contributed by atoms with Gasteiger partial charge in [-0.05, 0) is 49.5 Å². The lowest BCUT2D eigenvalue weighted by molar-refractivity contribution is 0.108. The van der Waals surface area contributed by atoms with Gasteiger partial charge in [-0.2, -0.15) is 0 Å². The van der Waals surface area contributed by atoms with Gasteiger partial charge in [-0.3, -0.25) is 4.79 Å². The van der Waals surface area contributed by atoms with Crippen molar-refractivity contribution >= 4 is 17.1 Å². The second kappa shape index (κ2) is 3.09. The largest absolute Gasteiger partial charge is 0.280 e. The van der Waals surface area contributed by atoms with E-state index in [1.54, 1.807) is 0 Å². The van der Waals surface area contributed by atoms with Gasteiger partial charge in [0.25, 0.3) is 0 Å². The van der Waals surface area contributed by atoms with Crippen LogP contribution in [0, 0.1) is 0 Å². The number of rotatable bonds is 2. The SMILES string of the molecule is CN(C)SC(=O)c1ccc2c(c1)C1CC21. The quantitative estimate of drug-likeness (QED) is 0.713. The molecule has 0 saturated heterocycles. The molecule has 1 fully saturated rings. The van der Waals surface area contributed by atoms with Gasteiger partial charge in [0.2, 0.25) is 5.12 Å². The minimum Gasteiger partial charge on any atom is -0.280 e. The molecule has 3 heteroatoms. The summed E-state index contributed by atoms with van der Waals surface area (Å²) in [7, 11) is 3.78. The highest BCUT2D eigenvalue weighted by atomic mass is 32.2. The van der Waals surface area contributed by atoms with Gasteiger partial charge in [-0.15, -0.1) is 0 Å². The van der Waals surface area contributed by atoms with E-state index in [9.17, 15) is 4.79 Å². The molecule has 1 aromatic carbocycles. The molecule has 0 radical (unpaired) electrons. The van der Waals surface area contributed by atoms with Crippen molar-refractivity contribution in [1.29, 1.82) is 0 Å². The molecule has 0 heterocycles. The van der Waals surface area contributed by atoms with Crippen LogP contribution in [0.25, 0.3) is 0 Å². The number of carbonyl (C=O) groups is 1. The number of hydrogen-bond acceptors (Lipinski definition) is 3. The highest BCUT2D eigenvalue weighted by Crippen LogP contribution is 2.65. The van der Waals surface area contributed by atoms with Crippen molar-refractivity contribution in [3.05, 3.63) is 34.9 Å². The van der Waals surface area contributed by atoms with Crippen LogP contribution in [0.5, 0.6) is 0 Å². The predicted molar refractivity (Wildman–Crippen MR) is 62.1 cm³/mol. The summed E-state index contributed by atoms with van der Waals surface area (Å²) >= 11 is 1.26. The molecule has 0 aliphatic heterocycles. The molecule has 78 valence electrons. The minimum absolute atomic E-state index is 0.145. The predicted octanol–water partition coefficient (Wildman–Crippen LogP) is 2.62. The zero-order valence-electron chi connectivity index (χ0n) is 8.86. The molecule has 2 aliphatic carbocycles. The van der Waals surface area contributed by atoms with E-state index in [0.717, 1.165) is 17.4 Å². The molecule has 2 unspecified atom stereocenters. The molecule has 0 spiro atoms. The lowest BCUT2D eigenvalue weighted by Crippen LogP contribution is -2.08. The zero-order valence-corrected chi connectivity index (χ0v) is 9.67. The van der Waals surface area contributed by atoms with E-state index < -0.39 is 0 Å². The molecule has 0 amide bonds. The third-order valence-corrected chi connectivity index (χ3v) is 3.94. The Morgan fingerprint density at radius 1 is 1.33 bits per heavy atom. The van der Waals surface area contributed by atoms with E-state index in [1.165, 1.54) is 29.5 Å². The summed E-state index contributed by atoms with van der Waals surface area (Å²) in [5, 5.41) is 0.145. The maximum Gasteiger partial charge on any atom is 0.234 e. The Bertz CT molecular complexity index is 441. The number of fused-ring (bicyclic) bond motifs is 4. The second-order valence-electron chi connectivity index (χ2n) is 4.48. The molecule has 1 saturated carbocycles. The normalized spacial score (nSPS) is 25.5. The van der Waals surface area contributed by atoms with Crippen LogP contribution in [0.1, 0.15) is 39.7 Å². The Labute approximate surface area is 93.8 Å². The monoisotopic (exact) mass is 219 g/mol. The van der Waals surface area contributed by atoms with Crippen LogP contribution in [-0.4, -0.2) is 23.5 Å². The van der Waals surface area contributed by atoms with Gasteiger partial charge in [0.15, 0.2) is 0 Å². The van der Waals surface area contributed by atoms with E-state index in [1.807, 2.05) is 24.5 Å². The van der Waals surface area contributed by atoms with E-state index in [4.69, 9.17) is 0 Å². The first-order valence-electron chi connectivity index (χ1n) is 5.20. The molecular weight excluding hydrogens is 206 g/mol. The summed E-state index contributed by atoms with van der Waals surface area (Å²) in [6, 6.07) is 6.18. The number of carbonyl (C=O) groups excluding carboxylic acids is 1. The van der Waals surface area contributed by atoms with Crippen LogP contribution in [0.4, 0.5) is 0 Å². The summed E-state index contributed by atoms with van der Waals surface area (Å²) in [4.78, 5) is 11.8. The van der Waals surface area contributed by atoms with Crippen LogP contribution in [0.3, 0.4) is 0 Å². The van der Waals surface area contributed by atoms with Crippen molar-refractivity contribution in [3.8, 4) is 0 Å². The maximum absolute atomic E-state index is 11.8. The fraction of sp³-hybridized carbons (Fsp3) is 0.417. The van der Waals surface area contributed by atoms with E-state index in [-0.39, 0.29) is 5.12 Å². The third kappa shape index (κ3) is 1.42. The van der Waals surface area contributed by atoms with Gasteiger partial charge in [0.05, 0.1) is 0 Å². The van der Waals surface area contributed by atoms with Gasteiger partial charge in [-0.25, -0.2) is 4.31 Å². The van der Waals surface area contributed by atoms with Crippen LogP contribution in [0.15, 0.2) is 18.2 Å². The Balaban J connectivity index is 1.84. The lowest BCUT2D eigenvalue weighted by atomic mass is 9.87. The minimum atomic E-state index is 0.145. The van der Waals surface area contributed by atoms with Crippen molar-refractivity contribution in [1.82, 2.24) is 4.31 Å². The Morgan fingerprint density at radius 3 is 2.80 bits per heavy atom. The zero-order chi connectivity index (χ0) is 10.6. The lowest BCUT2D eigenvalue weighted by Gasteiger charge is -2.18. The van der Waals surface area contributed by atoms with Crippen LogP contribution in [0.2, 0.25) is 0 Å². The molecule has 0 N–H and O–H groups in total. The van der Waals surface area contributed by atoms with Crippen LogP contribution in [-0.2, 0) is 0 Å². The van der Waals surface area contributed by atoms with E-state index >= 15 is 0 Å². The van der Waals surface area contributed by atoms with Crippen molar-refractivity contribution in [2.24, 2.45) is 0 Å². The summed E-state index contributed by atoms with van der Waals surface area (Å²) in [5.74, 6) is 1.63. The van der Waals surface area contributed by atoms with Gasteiger partial charge in [0.1, 0.15) is 0 Å². The molecular formula is C12H13NOS. The molecule has 1 aromatic rings. The number of hydrogen-bond donors (Lipinski definition) is 0. The smallest absolute Gasteiger partial charge is 0.234 e. The fourth-order valence-corrected chi connectivity index (χ4v) is 2.93. The van der Waals surface area contributed by atoms with Crippen LogP contribution < -0.4 is 0 Å². The van der Waals surface area contributed by atoms with Crippen molar-refractivity contribution in [3.63, 3.8) is 0 Å². The summed E-state index contributed by atoms with van der Waals surface area (Å²) in [5.41, 5.74) is 3.74. The Hall–Kier alpha value is -0.800. The standard InChI is InChI=1S/C12H13NOS/c1-13(2)15-12(14)7-3-4-8-9(5-7)11-6-10(8)11/h3-5,10-11H,6H2,1-2H3. The molecule has 3 rings (SSSR count). The van der Waals surface area contributed by atoms with E-state index in [2.05, 4.69) is 12.1 Å². The summed E-state index contributed by atoms with van der Waals surface area (Å²) in [6.45, 7) is 0. The maximum atomic E-state index is 11.8. The highest BCUT2D eigenvalue weighted by molar-refractivity contribution is 8.12. The average molecular weight is 219 g/mol. The van der Waals surface area contributed by atoms with Crippen molar-refractivity contribution in [2.75, 3.05) is 14.1 Å². The molecule has 0 bridgehead atoms. The van der Waals surface area contributed by atoms with Crippen molar-refractivity contribution < 1.29 is 4.79 Å². The number of nitrogens with zero attached hydrogens (tertiary/aromatic N) is 1. The average Bonchev–Trinajstić information content (AvgIpc) is 2.87. The first-order chi connectivity index (χ1) is 7.16. The van der Waals surface area contributed by atoms with Gasteiger partial charge < -0.3 is 0 Å². The summed E-state index contributed by atoms with van der Waals surface area (Å²) < 4.78 is 1.83. The number of benzene rings is 1. The third-order valence-electron chi connectivity index (χ3n) is 3.18. The molecule has 2 atom stereocenters. The Morgan fingerprint density at radius 2 is 2.07 bits per heavy atom.